The Bertz CT molecular complexity index is 402. The minimum Gasteiger partial charge on any atom is -0.333 e. The van der Waals surface area contributed by atoms with Gasteiger partial charge in [0.25, 0.3) is 5.91 Å². The normalized spacial score (nSPS) is 10.5. The molecule has 15 heavy (non-hydrogen) atoms. The predicted molar refractivity (Wildman–Crippen MR) is 53.9 cm³/mol. The molecule has 78 valence electrons. The molecule has 0 unspecified atom stereocenters. The number of aryl methyl sites for hydroxylation is 1. The molecule has 0 radical (unpaired) electrons. The molecule has 1 amide bonds. The van der Waals surface area contributed by atoms with E-state index >= 15 is 0 Å². The van der Waals surface area contributed by atoms with Crippen molar-refractivity contribution < 1.29 is 4.79 Å². The number of nitrogens with zero attached hydrogens (tertiary/aromatic N) is 3. The fourth-order valence-electron chi connectivity index (χ4n) is 0.896. The minimum atomic E-state index is -0.899. The number of hydrogen-bond donors (Lipinski definition) is 1. The van der Waals surface area contributed by atoms with Gasteiger partial charge in [0.2, 0.25) is 0 Å². The molecular weight excluding hydrogens is 192 g/mol. The SMILES string of the molecule is Cc1ccc(C(=O)NC(C)(C)C#N)nn1. The molecule has 0 saturated heterocycles. The van der Waals surface area contributed by atoms with Crippen LogP contribution < -0.4 is 5.32 Å². The Labute approximate surface area is 88.1 Å². The van der Waals surface area contributed by atoms with Gasteiger partial charge >= 0.3 is 0 Å². The molecule has 0 saturated carbocycles. The molecule has 1 heterocycles. The van der Waals surface area contributed by atoms with Gasteiger partial charge in [0.05, 0.1) is 11.8 Å². The van der Waals surface area contributed by atoms with Crippen molar-refractivity contribution in [1.29, 1.82) is 5.26 Å². The van der Waals surface area contributed by atoms with Crippen molar-refractivity contribution in [2.75, 3.05) is 0 Å². The monoisotopic (exact) mass is 204 g/mol. The highest BCUT2D eigenvalue weighted by molar-refractivity contribution is 5.92. The van der Waals surface area contributed by atoms with E-state index in [1.54, 1.807) is 32.9 Å². The molecular formula is C10H12N4O. The molecule has 0 aliphatic heterocycles. The van der Waals surface area contributed by atoms with Crippen molar-refractivity contribution in [3.8, 4) is 6.07 Å². The van der Waals surface area contributed by atoms with Gasteiger partial charge in [-0.2, -0.15) is 10.4 Å². The maximum atomic E-state index is 11.6. The van der Waals surface area contributed by atoms with Crippen molar-refractivity contribution in [3.05, 3.63) is 23.5 Å². The number of nitriles is 1. The fourth-order valence-corrected chi connectivity index (χ4v) is 0.896. The summed E-state index contributed by atoms with van der Waals surface area (Å²) in [6.45, 7) is 5.02. The second-order valence-electron chi connectivity index (χ2n) is 3.75. The second-order valence-corrected chi connectivity index (χ2v) is 3.75. The number of nitrogens with one attached hydrogen (secondary N) is 1. The largest absolute Gasteiger partial charge is 0.333 e. The Kier molecular flexibility index (Phi) is 3.00. The average molecular weight is 204 g/mol. The summed E-state index contributed by atoms with van der Waals surface area (Å²) in [4.78, 5) is 11.6. The summed E-state index contributed by atoms with van der Waals surface area (Å²) < 4.78 is 0. The number of carbonyl (C=O) groups is 1. The Morgan fingerprint density at radius 3 is 2.60 bits per heavy atom. The molecule has 0 aliphatic rings. The zero-order valence-electron chi connectivity index (χ0n) is 8.90. The van der Waals surface area contributed by atoms with Crippen LogP contribution in [0.25, 0.3) is 0 Å². The van der Waals surface area contributed by atoms with Gasteiger partial charge in [0.15, 0.2) is 5.69 Å². The molecule has 0 atom stereocenters. The maximum Gasteiger partial charge on any atom is 0.273 e. The van der Waals surface area contributed by atoms with Crippen LogP contribution in [0.15, 0.2) is 12.1 Å². The Morgan fingerprint density at radius 2 is 2.13 bits per heavy atom. The lowest BCUT2D eigenvalue weighted by molar-refractivity contribution is 0.0923. The summed E-state index contributed by atoms with van der Waals surface area (Å²) in [5.41, 5.74) is 0.0546. The summed E-state index contributed by atoms with van der Waals surface area (Å²) >= 11 is 0. The van der Waals surface area contributed by atoms with Crippen LogP contribution in [-0.4, -0.2) is 21.6 Å². The van der Waals surface area contributed by atoms with E-state index in [4.69, 9.17) is 5.26 Å². The van der Waals surface area contributed by atoms with Crippen molar-refractivity contribution >= 4 is 5.91 Å². The lowest BCUT2D eigenvalue weighted by Gasteiger charge is -2.16. The zero-order chi connectivity index (χ0) is 11.5. The van der Waals surface area contributed by atoms with E-state index in [1.807, 2.05) is 6.07 Å². The van der Waals surface area contributed by atoms with E-state index in [2.05, 4.69) is 15.5 Å². The van der Waals surface area contributed by atoms with Crippen LogP contribution >= 0.6 is 0 Å². The van der Waals surface area contributed by atoms with E-state index in [0.717, 1.165) is 5.69 Å². The highest BCUT2D eigenvalue weighted by atomic mass is 16.2. The van der Waals surface area contributed by atoms with Crippen LogP contribution in [0, 0.1) is 18.3 Å². The molecule has 0 aromatic carbocycles. The number of aromatic nitrogens is 2. The molecule has 5 nitrogen and oxygen atoms in total. The van der Waals surface area contributed by atoms with Gasteiger partial charge < -0.3 is 5.32 Å². The molecule has 1 N–H and O–H groups in total. The van der Waals surface area contributed by atoms with E-state index < -0.39 is 11.4 Å². The molecule has 1 aromatic heterocycles. The first-order valence-corrected chi connectivity index (χ1v) is 4.49. The van der Waals surface area contributed by atoms with Gasteiger partial charge in [0, 0.05) is 0 Å². The number of amides is 1. The Balaban J connectivity index is 2.79. The third kappa shape index (κ3) is 3.02. The maximum absolute atomic E-state index is 11.6. The second kappa shape index (κ2) is 4.05. The van der Waals surface area contributed by atoms with Gasteiger partial charge in [0.1, 0.15) is 5.54 Å². The number of carbonyl (C=O) groups excluding carboxylic acids is 1. The lowest BCUT2D eigenvalue weighted by atomic mass is 10.1. The predicted octanol–water partition coefficient (Wildman–Crippen LogP) is 0.817. The quantitative estimate of drug-likeness (QED) is 0.773. The minimum absolute atomic E-state index is 0.212. The number of rotatable bonds is 2. The highest BCUT2D eigenvalue weighted by Crippen LogP contribution is 2.02. The van der Waals surface area contributed by atoms with Crippen molar-refractivity contribution in [2.45, 2.75) is 26.3 Å². The van der Waals surface area contributed by atoms with Crippen LogP contribution in [0.5, 0.6) is 0 Å². The van der Waals surface area contributed by atoms with Gasteiger partial charge in [-0.15, -0.1) is 5.10 Å². The molecule has 0 bridgehead atoms. The molecule has 0 spiro atoms. The van der Waals surface area contributed by atoms with E-state index in [0.29, 0.717) is 0 Å². The van der Waals surface area contributed by atoms with Crippen LogP contribution in [0.3, 0.4) is 0 Å². The summed E-state index contributed by atoms with van der Waals surface area (Å²) in [7, 11) is 0. The van der Waals surface area contributed by atoms with Crippen LogP contribution in [0.4, 0.5) is 0 Å². The standard InChI is InChI=1S/C10H12N4O/c1-7-4-5-8(14-13-7)9(15)12-10(2,3)6-11/h4-5H,1-3H3,(H,12,15). The topological polar surface area (TPSA) is 78.7 Å². The molecule has 0 fully saturated rings. The van der Waals surface area contributed by atoms with Gasteiger partial charge in [-0.05, 0) is 32.9 Å². The van der Waals surface area contributed by atoms with Crippen LogP contribution in [-0.2, 0) is 0 Å². The molecule has 1 aromatic rings. The van der Waals surface area contributed by atoms with Gasteiger partial charge in [-0.25, -0.2) is 0 Å². The third-order valence-corrected chi connectivity index (χ3v) is 1.74. The van der Waals surface area contributed by atoms with Crippen LogP contribution in [0.1, 0.15) is 30.0 Å². The fraction of sp³-hybridized carbons (Fsp3) is 0.400. The van der Waals surface area contributed by atoms with E-state index in [1.165, 1.54) is 0 Å². The third-order valence-electron chi connectivity index (χ3n) is 1.74. The van der Waals surface area contributed by atoms with Crippen molar-refractivity contribution in [2.24, 2.45) is 0 Å². The number of hydrogen-bond acceptors (Lipinski definition) is 4. The summed E-state index contributed by atoms with van der Waals surface area (Å²) in [5, 5.41) is 18.8. The Morgan fingerprint density at radius 1 is 1.47 bits per heavy atom. The summed E-state index contributed by atoms with van der Waals surface area (Å²) in [6, 6.07) is 5.24. The first-order valence-electron chi connectivity index (χ1n) is 4.49. The average Bonchev–Trinajstić information content (AvgIpc) is 2.18. The Hall–Kier alpha value is -1.96. The van der Waals surface area contributed by atoms with Crippen LogP contribution in [0.2, 0.25) is 0 Å². The highest BCUT2D eigenvalue weighted by Gasteiger charge is 2.20. The van der Waals surface area contributed by atoms with Gasteiger partial charge in [-0.3, -0.25) is 4.79 Å². The molecule has 0 aliphatic carbocycles. The zero-order valence-corrected chi connectivity index (χ0v) is 8.90. The van der Waals surface area contributed by atoms with Crippen molar-refractivity contribution in [1.82, 2.24) is 15.5 Å². The lowest BCUT2D eigenvalue weighted by Crippen LogP contribution is -2.42. The van der Waals surface area contributed by atoms with Crippen molar-refractivity contribution in [3.63, 3.8) is 0 Å². The molecule has 5 heteroatoms. The smallest absolute Gasteiger partial charge is 0.273 e. The first kappa shape index (κ1) is 11.1. The van der Waals surface area contributed by atoms with Gasteiger partial charge in [-0.1, -0.05) is 0 Å². The summed E-state index contributed by atoms with van der Waals surface area (Å²) in [5.74, 6) is -0.394. The first-order chi connectivity index (χ1) is 6.94. The van der Waals surface area contributed by atoms with E-state index in [9.17, 15) is 4.79 Å². The van der Waals surface area contributed by atoms with E-state index in [-0.39, 0.29) is 5.69 Å². The molecule has 1 rings (SSSR count). The summed E-state index contributed by atoms with van der Waals surface area (Å²) in [6.07, 6.45) is 0.